The third kappa shape index (κ3) is 3.62. The summed E-state index contributed by atoms with van der Waals surface area (Å²) in [5.41, 5.74) is -0.187. The first-order chi connectivity index (χ1) is 12.4. The maximum absolute atomic E-state index is 12.3. The maximum Gasteiger partial charge on any atom is 0.341 e. The van der Waals surface area contributed by atoms with Crippen molar-refractivity contribution in [2.45, 2.75) is 4.90 Å². The molecule has 0 aliphatic heterocycles. The number of aromatic amines is 1. The fourth-order valence-electron chi connectivity index (χ4n) is 2.24. The number of rotatable bonds is 5. The van der Waals surface area contributed by atoms with Crippen molar-refractivity contribution in [1.82, 2.24) is 9.97 Å². The van der Waals surface area contributed by atoms with Crippen LogP contribution in [0.4, 0.5) is 5.82 Å². The van der Waals surface area contributed by atoms with Crippen LogP contribution in [0, 0.1) is 0 Å². The van der Waals surface area contributed by atoms with Crippen LogP contribution in [0.2, 0.25) is 0 Å². The lowest BCUT2D eigenvalue weighted by molar-refractivity contribution is 0.0695. The summed E-state index contributed by atoms with van der Waals surface area (Å²) < 4.78 is 27.1. The second kappa shape index (κ2) is 6.81. The average Bonchev–Trinajstić information content (AvgIpc) is 2.62. The van der Waals surface area contributed by atoms with Gasteiger partial charge in [0.1, 0.15) is 11.4 Å². The van der Waals surface area contributed by atoms with Crippen LogP contribution in [0.15, 0.2) is 70.5 Å². The standard InChI is InChI=1S/C17H13N3O5S/c21-16-13(17(22)23)8-9-14(19-16)11-4-6-12(7-5-11)26(24,25)20-15-3-1-2-10-18-15/h1-10H,(H,18,20)(H,19,21)(H,22,23). The lowest BCUT2D eigenvalue weighted by Gasteiger charge is -2.08. The van der Waals surface area contributed by atoms with Gasteiger partial charge in [0.05, 0.1) is 4.90 Å². The number of carboxylic acid groups (broad SMARTS) is 1. The van der Waals surface area contributed by atoms with Crippen molar-refractivity contribution in [1.29, 1.82) is 0 Å². The molecule has 0 unspecified atom stereocenters. The Bertz CT molecular complexity index is 1110. The Morgan fingerprint density at radius 2 is 1.77 bits per heavy atom. The van der Waals surface area contributed by atoms with Crippen LogP contribution >= 0.6 is 0 Å². The Morgan fingerprint density at radius 3 is 2.35 bits per heavy atom. The molecular formula is C17H13N3O5S. The Kier molecular flexibility index (Phi) is 4.55. The van der Waals surface area contributed by atoms with Crippen LogP contribution in [-0.4, -0.2) is 29.5 Å². The van der Waals surface area contributed by atoms with Gasteiger partial charge in [-0.05, 0) is 42.0 Å². The van der Waals surface area contributed by atoms with E-state index in [1.807, 2.05) is 0 Å². The quantitative estimate of drug-likeness (QED) is 0.628. The molecule has 2 aromatic heterocycles. The second-order valence-electron chi connectivity index (χ2n) is 5.26. The predicted octanol–water partition coefficient (Wildman–Crippen LogP) is 1.94. The van der Waals surface area contributed by atoms with Gasteiger partial charge in [-0.1, -0.05) is 18.2 Å². The molecule has 1 aromatic carbocycles. The van der Waals surface area contributed by atoms with Gasteiger partial charge in [-0.15, -0.1) is 0 Å². The van der Waals surface area contributed by atoms with E-state index in [4.69, 9.17) is 5.11 Å². The smallest absolute Gasteiger partial charge is 0.341 e. The lowest BCUT2D eigenvalue weighted by atomic mass is 10.1. The Morgan fingerprint density at radius 1 is 1.04 bits per heavy atom. The molecule has 3 rings (SSSR count). The normalized spacial score (nSPS) is 11.1. The number of H-pyrrole nitrogens is 1. The number of nitrogens with one attached hydrogen (secondary N) is 2. The number of carbonyl (C=O) groups is 1. The largest absolute Gasteiger partial charge is 0.477 e. The van der Waals surface area contributed by atoms with E-state index in [0.717, 1.165) is 0 Å². The topological polar surface area (TPSA) is 129 Å². The average molecular weight is 371 g/mol. The first kappa shape index (κ1) is 17.4. The zero-order valence-electron chi connectivity index (χ0n) is 13.2. The summed E-state index contributed by atoms with van der Waals surface area (Å²) in [7, 11) is -3.80. The van der Waals surface area contributed by atoms with Crippen molar-refractivity contribution in [3.05, 3.63) is 76.7 Å². The molecule has 0 bridgehead atoms. The fourth-order valence-corrected chi connectivity index (χ4v) is 3.25. The van der Waals surface area contributed by atoms with E-state index in [-0.39, 0.29) is 16.3 Å². The highest BCUT2D eigenvalue weighted by Crippen LogP contribution is 2.20. The molecule has 3 N–H and O–H groups in total. The van der Waals surface area contributed by atoms with Gasteiger partial charge in [-0.25, -0.2) is 18.2 Å². The summed E-state index contributed by atoms with van der Waals surface area (Å²) in [6.45, 7) is 0. The Balaban J connectivity index is 1.88. The molecule has 0 aliphatic rings. The molecule has 0 saturated carbocycles. The highest BCUT2D eigenvalue weighted by atomic mass is 32.2. The minimum Gasteiger partial charge on any atom is -0.477 e. The van der Waals surface area contributed by atoms with Gasteiger partial charge in [-0.2, -0.15) is 0 Å². The van der Waals surface area contributed by atoms with Crippen LogP contribution in [0.3, 0.4) is 0 Å². The van der Waals surface area contributed by atoms with Gasteiger partial charge in [-0.3, -0.25) is 9.52 Å². The minimum atomic E-state index is -3.80. The van der Waals surface area contributed by atoms with Crippen molar-refractivity contribution >= 4 is 21.8 Å². The summed E-state index contributed by atoms with van der Waals surface area (Å²) in [6, 6.07) is 13.3. The minimum absolute atomic E-state index is 0.0245. The number of hydrogen-bond donors (Lipinski definition) is 3. The van der Waals surface area contributed by atoms with E-state index < -0.39 is 21.6 Å². The molecule has 0 saturated heterocycles. The molecule has 0 fully saturated rings. The molecule has 9 heteroatoms. The fraction of sp³-hybridized carbons (Fsp3) is 0. The zero-order valence-corrected chi connectivity index (χ0v) is 14.0. The van der Waals surface area contributed by atoms with Crippen molar-refractivity contribution in [3.8, 4) is 11.3 Å². The highest BCUT2D eigenvalue weighted by molar-refractivity contribution is 7.92. The van der Waals surface area contributed by atoms with E-state index in [9.17, 15) is 18.0 Å². The number of nitrogens with zero attached hydrogens (tertiary/aromatic N) is 1. The highest BCUT2D eigenvalue weighted by Gasteiger charge is 2.15. The molecule has 0 radical (unpaired) electrons. The number of aromatic nitrogens is 2. The van der Waals surface area contributed by atoms with Crippen molar-refractivity contribution < 1.29 is 18.3 Å². The molecule has 26 heavy (non-hydrogen) atoms. The van der Waals surface area contributed by atoms with Gasteiger partial charge < -0.3 is 10.1 Å². The van der Waals surface area contributed by atoms with Crippen LogP contribution in [0.1, 0.15) is 10.4 Å². The molecule has 0 atom stereocenters. The SMILES string of the molecule is O=C(O)c1ccc(-c2ccc(S(=O)(=O)Nc3ccccn3)cc2)[nH]c1=O. The molecule has 0 aliphatic carbocycles. The van der Waals surface area contributed by atoms with Gasteiger partial charge in [0.15, 0.2) is 0 Å². The number of hydrogen-bond acceptors (Lipinski definition) is 5. The number of aromatic carboxylic acids is 1. The van der Waals surface area contributed by atoms with Gasteiger partial charge >= 0.3 is 5.97 Å². The molecule has 0 amide bonds. The van der Waals surface area contributed by atoms with Gasteiger partial charge in [0, 0.05) is 11.9 Å². The molecule has 2 heterocycles. The van der Waals surface area contributed by atoms with Gasteiger partial charge in [0.25, 0.3) is 15.6 Å². The van der Waals surface area contributed by atoms with Gasteiger partial charge in [0.2, 0.25) is 0 Å². The third-order valence-electron chi connectivity index (χ3n) is 3.52. The summed E-state index contributed by atoms with van der Waals surface area (Å²) in [6.07, 6.45) is 1.47. The van der Waals surface area contributed by atoms with E-state index >= 15 is 0 Å². The van der Waals surface area contributed by atoms with Crippen molar-refractivity contribution in [3.63, 3.8) is 0 Å². The Hall–Kier alpha value is -3.46. The number of pyridine rings is 2. The molecular weight excluding hydrogens is 358 g/mol. The number of anilines is 1. The molecule has 3 aromatic rings. The first-order valence-corrected chi connectivity index (χ1v) is 8.86. The predicted molar refractivity (Wildman–Crippen MR) is 94.5 cm³/mol. The second-order valence-corrected chi connectivity index (χ2v) is 6.95. The lowest BCUT2D eigenvalue weighted by Crippen LogP contribution is -2.17. The Labute approximate surface area is 148 Å². The number of sulfonamides is 1. The third-order valence-corrected chi connectivity index (χ3v) is 4.89. The van der Waals surface area contributed by atoms with Crippen LogP contribution in [-0.2, 0) is 10.0 Å². The number of carboxylic acids is 1. The van der Waals surface area contributed by atoms with Crippen LogP contribution in [0.5, 0.6) is 0 Å². The van der Waals surface area contributed by atoms with E-state index in [2.05, 4.69) is 14.7 Å². The summed E-state index contributed by atoms with van der Waals surface area (Å²) in [5.74, 6) is -1.12. The van der Waals surface area contributed by atoms with Crippen molar-refractivity contribution in [2.75, 3.05) is 4.72 Å². The van der Waals surface area contributed by atoms with Crippen LogP contribution in [0.25, 0.3) is 11.3 Å². The van der Waals surface area contributed by atoms with E-state index in [1.54, 1.807) is 12.1 Å². The first-order valence-electron chi connectivity index (χ1n) is 7.38. The monoisotopic (exact) mass is 371 g/mol. The number of benzene rings is 1. The zero-order chi connectivity index (χ0) is 18.7. The van der Waals surface area contributed by atoms with Crippen molar-refractivity contribution in [2.24, 2.45) is 0 Å². The molecule has 8 nitrogen and oxygen atoms in total. The summed E-state index contributed by atoms with van der Waals surface area (Å²) in [5, 5.41) is 8.88. The summed E-state index contributed by atoms with van der Waals surface area (Å²) >= 11 is 0. The maximum atomic E-state index is 12.3. The van der Waals surface area contributed by atoms with E-state index in [0.29, 0.717) is 11.3 Å². The van der Waals surface area contributed by atoms with Crippen LogP contribution < -0.4 is 10.3 Å². The molecule has 0 spiro atoms. The van der Waals surface area contributed by atoms with E-state index in [1.165, 1.54) is 48.7 Å². The molecule has 132 valence electrons. The summed E-state index contributed by atoms with van der Waals surface area (Å²) in [4.78, 5) is 29.0.